The minimum Gasteiger partial charge on any atom is -0.457 e. The molecule has 22 heavy (non-hydrogen) atoms. The van der Waals surface area contributed by atoms with Gasteiger partial charge < -0.3 is 9.26 Å². The molecule has 0 radical (unpaired) electrons. The van der Waals surface area contributed by atoms with Crippen molar-refractivity contribution >= 4 is 5.97 Å². The second kappa shape index (κ2) is 6.39. The Kier molecular flexibility index (Phi) is 4.56. The van der Waals surface area contributed by atoms with E-state index in [9.17, 15) is 9.18 Å². The molecule has 0 N–H and O–H groups in total. The van der Waals surface area contributed by atoms with Crippen LogP contribution in [0.4, 0.5) is 4.39 Å². The number of nitrogens with zero attached hydrogens (tertiary/aromatic N) is 2. The minimum atomic E-state index is -0.605. The zero-order valence-corrected chi connectivity index (χ0v) is 12.5. The molecule has 5 nitrogen and oxygen atoms in total. The van der Waals surface area contributed by atoms with Crippen LogP contribution in [0.3, 0.4) is 0 Å². The lowest BCUT2D eigenvalue weighted by molar-refractivity contribution is 0.0465. The summed E-state index contributed by atoms with van der Waals surface area (Å²) >= 11 is 0. The topological polar surface area (TPSA) is 76.1 Å². The van der Waals surface area contributed by atoms with Gasteiger partial charge in [-0.15, -0.1) is 0 Å². The van der Waals surface area contributed by atoms with Crippen molar-refractivity contribution in [1.82, 2.24) is 5.16 Å². The highest BCUT2D eigenvalue weighted by atomic mass is 19.1. The Morgan fingerprint density at radius 1 is 1.50 bits per heavy atom. The molecule has 0 unspecified atom stereocenters. The van der Waals surface area contributed by atoms with Gasteiger partial charge in [-0.2, -0.15) is 5.26 Å². The van der Waals surface area contributed by atoms with E-state index in [-0.39, 0.29) is 29.2 Å². The lowest BCUT2D eigenvalue weighted by Crippen LogP contribution is -2.09. The zero-order chi connectivity index (χ0) is 16.3. The Morgan fingerprint density at radius 2 is 2.23 bits per heavy atom. The number of nitriles is 1. The number of benzene rings is 1. The first-order chi connectivity index (χ1) is 10.4. The van der Waals surface area contributed by atoms with E-state index in [1.165, 1.54) is 12.1 Å². The molecule has 6 heteroatoms. The average molecular weight is 302 g/mol. The van der Waals surface area contributed by atoms with E-state index in [4.69, 9.17) is 14.5 Å². The summed E-state index contributed by atoms with van der Waals surface area (Å²) in [6.07, 6.45) is 0. The summed E-state index contributed by atoms with van der Waals surface area (Å²) < 4.78 is 24.0. The molecule has 0 aliphatic heterocycles. The van der Waals surface area contributed by atoms with Crippen LogP contribution in [-0.4, -0.2) is 11.1 Å². The predicted octanol–water partition coefficient (Wildman–Crippen LogP) is 3.47. The quantitative estimate of drug-likeness (QED) is 0.808. The fourth-order valence-electron chi connectivity index (χ4n) is 1.98. The highest BCUT2D eigenvalue weighted by Crippen LogP contribution is 2.23. The Balaban J connectivity index is 2.14. The van der Waals surface area contributed by atoms with E-state index in [1.807, 2.05) is 19.9 Å². The van der Waals surface area contributed by atoms with Crippen LogP contribution in [0.1, 0.15) is 52.7 Å². The van der Waals surface area contributed by atoms with Crippen LogP contribution in [0.25, 0.3) is 0 Å². The predicted molar refractivity (Wildman–Crippen MR) is 75.6 cm³/mol. The molecule has 1 heterocycles. The summed E-state index contributed by atoms with van der Waals surface area (Å²) in [6.45, 7) is 5.17. The van der Waals surface area contributed by atoms with Crippen LogP contribution in [0.2, 0.25) is 0 Å². The van der Waals surface area contributed by atoms with Gasteiger partial charge >= 0.3 is 5.97 Å². The van der Waals surface area contributed by atoms with Gasteiger partial charge in [0.1, 0.15) is 18.0 Å². The van der Waals surface area contributed by atoms with Crippen LogP contribution in [0.15, 0.2) is 22.7 Å². The van der Waals surface area contributed by atoms with E-state index in [2.05, 4.69) is 5.16 Å². The summed E-state index contributed by atoms with van der Waals surface area (Å²) in [4.78, 5) is 12.2. The molecule has 114 valence electrons. The van der Waals surface area contributed by atoms with E-state index in [1.54, 1.807) is 6.92 Å². The Bertz CT molecular complexity index is 744. The van der Waals surface area contributed by atoms with Crippen LogP contribution in [0.5, 0.6) is 0 Å². The molecule has 0 aliphatic rings. The van der Waals surface area contributed by atoms with Crippen molar-refractivity contribution in [2.24, 2.45) is 0 Å². The van der Waals surface area contributed by atoms with Crippen molar-refractivity contribution in [3.8, 4) is 6.07 Å². The number of hydrogen-bond donors (Lipinski definition) is 0. The highest BCUT2D eigenvalue weighted by Gasteiger charge is 2.24. The van der Waals surface area contributed by atoms with Gasteiger partial charge in [0.25, 0.3) is 0 Å². The number of carbonyl (C=O) groups is 1. The van der Waals surface area contributed by atoms with Crippen molar-refractivity contribution in [3.05, 3.63) is 52.2 Å². The molecule has 2 aromatic rings. The van der Waals surface area contributed by atoms with Crippen molar-refractivity contribution in [2.45, 2.75) is 33.3 Å². The third kappa shape index (κ3) is 3.14. The first-order valence-corrected chi connectivity index (χ1v) is 6.75. The number of carbonyl (C=O) groups excluding carboxylic acids is 1. The molecule has 0 atom stereocenters. The number of aryl methyl sites for hydroxylation is 1. The van der Waals surface area contributed by atoms with E-state index < -0.39 is 11.8 Å². The Hall–Kier alpha value is -2.68. The van der Waals surface area contributed by atoms with Gasteiger partial charge in [-0.05, 0) is 19.1 Å². The van der Waals surface area contributed by atoms with Gasteiger partial charge in [-0.3, -0.25) is 0 Å². The molecule has 0 saturated carbocycles. The van der Waals surface area contributed by atoms with Gasteiger partial charge in [0.2, 0.25) is 0 Å². The normalized spacial score (nSPS) is 10.5. The maximum atomic E-state index is 13.7. The van der Waals surface area contributed by atoms with Gasteiger partial charge in [0, 0.05) is 11.5 Å². The van der Waals surface area contributed by atoms with Gasteiger partial charge in [-0.1, -0.05) is 25.1 Å². The van der Waals surface area contributed by atoms with E-state index in [0.29, 0.717) is 11.5 Å². The summed E-state index contributed by atoms with van der Waals surface area (Å²) in [5.74, 6) is -0.762. The summed E-state index contributed by atoms with van der Waals surface area (Å²) in [5, 5.41) is 12.5. The van der Waals surface area contributed by atoms with Crippen LogP contribution >= 0.6 is 0 Å². The Labute approximate surface area is 127 Å². The first kappa shape index (κ1) is 15.7. The first-order valence-electron chi connectivity index (χ1n) is 6.75. The SMILES string of the molecule is Cc1noc(C(C)C)c1C(=O)OCc1ccc(C#N)cc1F. The smallest absolute Gasteiger partial charge is 0.344 e. The summed E-state index contributed by atoms with van der Waals surface area (Å²) in [5.41, 5.74) is 1.13. The number of aromatic nitrogens is 1. The third-order valence-corrected chi connectivity index (χ3v) is 3.16. The van der Waals surface area contributed by atoms with Crippen molar-refractivity contribution < 1.29 is 18.4 Å². The second-order valence-electron chi connectivity index (χ2n) is 5.16. The van der Waals surface area contributed by atoms with Gasteiger partial charge in [0.05, 0.1) is 17.3 Å². The molecular weight excluding hydrogens is 287 g/mol. The molecule has 0 fully saturated rings. The van der Waals surface area contributed by atoms with E-state index >= 15 is 0 Å². The molecule has 0 aliphatic carbocycles. The lowest BCUT2D eigenvalue weighted by Gasteiger charge is -2.07. The molecule has 0 saturated heterocycles. The number of hydrogen-bond acceptors (Lipinski definition) is 5. The molecular formula is C16H15FN2O3. The number of halogens is 1. The maximum Gasteiger partial charge on any atom is 0.344 e. The molecule has 2 rings (SSSR count). The van der Waals surface area contributed by atoms with Gasteiger partial charge in [-0.25, -0.2) is 9.18 Å². The zero-order valence-electron chi connectivity index (χ0n) is 12.5. The monoisotopic (exact) mass is 302 g/mol. The van der Waals surface area contributed by atoms with Crippen LogP contribution < -0.4 is 0 Å². The number of ether oxygens (including phenoxy) is 1. The highest BCUT2D eigenvalue weighted by molar-refractivity contribution is 5.91. The third-order valence-electron chi connectivity index (χ3n) is 3.16. The lowest BCUT2D eigenvalue weighted by atomic mass is 10.1. The fourth-order valence-corrected chi connectivity index (χ4v) is 1.98. The maximum absolute atomic E-state index is 13.7. The fraction of sp³-hybridized carbons (Fsp3) is 0.312. The second-order valence-corrected chi connectivity index (χ2v) is 5.16. The van der Waals surface area contributed by atoms with Crippen molar-refractivity contribution in [2.75, 3.05) is 0 Å². The number of rotatable bonds is 4. The summed E-state index contributed by atoms with van der Waals surface area (Å²) in [6, 6.07) is 5.84. The summed E-state index contributed by atoms with van der Waals surface area (Å²) in [7, 11) is 0. The van der Waals surface area contributed by atoms with E-state index in [0.717, 1.165) is 6.07 Å². The molecule has 0 spiro atoms. The van der Waals surface area contributed by atoms with Crippen LogP contribution in [-0.2, 0) is 11.3 Å². The number of esters is 1. The van der Waals surface area contributed by atoms with Crippen molar-refractivity contribution in [1.29, 1.82) is 5.26 Å². The van der Waals surface area contributed by atoms with Gasteiger partial charge in [0.15, 0.2) is 5.76 Å². The molecule has 0 amide bonds. The molecule has 0 bridgehead atoms. The average Bonchev–Trinajstić information content (AvgIpc) is 2.87. The largest absolute Gasteiger partial charge is 0.457 e. The van der Waals surface area contributed by atoms with Crippen molar-refractivity contribution in [3.63, 3.8) is 0 Å². The molecule has 1 aromatic heterocycles. The minimum absolute atomic E-state index is 0.0181. The standard InChI is InChI=1S/C16H15FN2O3/c1-9(2)15-14(10(3)19-22-15)16(20)21-8-12-5-4-11(7-18)6-13(12)17/h4-6,9H,8H2,1-3H3. The molecule has 1 aromatic carbocycles. The van der Waals surface area contributed by atoms with Crippen LogP contribution in [0, 0.1) is 24.1 Å². The Morgan fingerprint density at radius 3 is 2.82 bits per heavy atom.